The second kappa shape index (κ2) is 8.28. The highest BCUT2D eigenvalue weighted by Crippen LogP contribution is 2.20. The smallest absolute Gasteiger partial charge is 0.255 e. The van der Waals surface area contributed by atoms with E-state index in [2.05, 4.69) is 27.5 Å². The van der Waals surface area contributed by atoms with Crippen LogP contribution in [0.4, 0.5) is 0 Å². The molecule has 1 atom stereocenters. The Bertz CT molecular complexity index is 1270. The van der Waals surface area contributed by atoms with Crippen LogP contribution in [0.25, 0.3) is 16.7 Å². The Kier molecular flexibility index (Phi) is 5.02. The number of nitrogens with one attached hydrogen (secondary N) is 2. The highest BCUT2D eigenvalue weighted by atomic mass is 16.1. The van der Waals surface area contributed by atoms with Crippen LogP contribution in [0.5, 0.6) is 0 Å². The van der Waals surface area contributed by atoms with Crippen LogP contribution in [0.3, 0.4) is 0 Å². The van der Waals surface area contributed by atoms with Gasteiger partial charge in [0, 0.05) is 6.20 Å². The molecule has 0 aliphatic heterocycles. The first-order chi connectivity index (χ1) is 15.3. The maximum atomic E-state index is 13.1. The van der Waals surface area contributed by atoms with Gasteiger partial charge in [-0.3, -0.25) is 4.79 Å². The number of carbonyl (C=O) groups excluding carboxylic acids is 1. The Hall–Kier alpha value is -4.19. The van der Waals surface area contributed by atoms with Gasteiger partial charge in [0.15, 0.2) is 0 Å². The van der Waals surface area contributed by atoms with Crippen LogP contribution < -0.4 is 5.32 Å². The van der Waals surface area contributed by atoms with Crippen molar-refractivity contribution in [2.75, 3.05) is 0 Å². The number of amides is 1. The van der Waals surface area contributed by atoms with Crippen LogP contribution in [-0.2, 0) is 6.42 Å². The molecule has 0 aliphatic carbocycles. The first-order valence-corrected chi connectivity index (χ1v) is 10.2. The van der Waals surface area contributed by atoms with Crippen molar-refractivity contribution >= 4 is 16.9 Å². The fourth-order valence-electron chi connectivity index (χ4n) is 3.61. The first-order valence-electron chi connectivity index (χ1n) is 10.2. The number of aromatic amines is 1. The first kappa shape index (κ1) is 18.8. The summed E-state index contributed by atoms with van der Waals surface area (Å²) < 4.78 is 1.70. The Labute approximate surface area is 179 Å². The van der Waals surface area contributed by atoms with Gasteiger partial charge < -0.3 is 10.3 Å². The lowest BCUT2D eigenvalue weighted by Gasteiger charge is -2.16. The zero-order chi connectivity index (χ0) is 21.0. The third kappa shape index (κ3) is 4.09. The molecule has 5 aromatic rings. The van der Waals surface area contributed by atoms with E-state index >= 15 is 0 Å². The summed E-state index contributed by atoms with van der Waals surface area (Å²) in [6, 6.07) is 27.4. The molecule has 0 saturated heterocycles. The number of carbonyl (C=O) groups is 1. The van der Waals surface area contributed by atoms with Crippen LogP contribution in [-0.4, -0.2) is 25.7 Å². The molecule has 31 heavy (non-hydrogen) atoms. The molecule has 0 radical (unpaired) electrons. The van der Waals surface area contributed by atoms with E-state index in [1.54, 1.807) is 17.1 Å². The number of nitrogens with zero attached hydrogens (tertiary/aromatic N) is 3. The molecule has 0 saturated carbocycles. The minimum Gasteiger partial charge on any atom is -0.342 e. The van der Waals surface area contributed by atoms with E-state index in [0.29, 0.717) is 12.0 Å². The van der Waals surface area contributed by atoms with Crippen molar-refractivity contribution in [1.82, 2.24) is 25.1 Å². The van der Waals surface area contributed by atoms with Gasteiger partial charge in [0.1, 0.15) is 5.82 Å². The van der Waals surface area contributed by atoms with Crippen LogP contribution >= 0.6 is 0 Å². The number of hydrogen-bond donors (Lipinski definition) is 2. The number of benzene rings is 3. The van der Waals surface area contributed by atoms with Crippen molar-refractivity contribution in [1.29, 1.82) is 0 Å². The Morgan fingerprint density at radius 1 is 0.935 bits per heavy atom. The fourth-order valence-corrected chi connectivity index (χ4v) is 3.61. The monoisotopic (exact) mass is 407 g/mol. The minimum absolute atomic E-state index is 0.191. The summed E-state index contributed by atoms with van der Waals surface area (Å²) in [5, 5.41) is 7.48. The highest BCUT2D eigenvalue weighted by molar-refractivity contribution is 5.94. The molecule has 5 rings (SSSR count). The minimum atomic E-state index is -0.303. The SMILES string of the molecule is O=C(N[C@H](Cc1ccccc1)c1nc2ccccc2[nH]1)c1cnn(-c2ccccc2)c1. The summed E-state index contributed by atoms with van der Waals surface area (Å²) in [7, 11) is 0. The molecule has 0 bridgehead atoms. The quantitative estimate of drug-likeness (QED) is 0.436. The number of H-pyrrole nitrogens is 1. The molecule has 6 heteroatoms. The van der Waals surface area contributed by atoms with Gasteiger partial charge in [0.05, 0.1) is 34.5 Å². The van der Waals surface area contributed by atoms with E-state index in [9.17, 15) is 4.79 Å². The van der Waals surface area contributed by atoms with Gasteiger partial charge in [-0.05, 0) is 36.2 Å². The molecule has 1 amide bonds. The number of imidazole rings is 1. The molecular formula is C25H21N5O. The topological polar surface area (TPSA) is 75.6 Å². The van der Waals surface area contributed by atoms with Crippen LogP contribution in [0.1, 0.15) is 27.8 Å². The van der Waals surface area contributed by atoms with Crippen molar-refractivity contribution in [2.24, 2.45) is 0 Å². The lowest BCUT2D eigenvalue weighted by molar-refractivity contribution is 0.0935. The number of para-hydroxylation sites is 3. The van der Waals surface area contributed by atoms with Crippen molar-refractivity contribution in [2.45, 2.75) is 12.5 Å². The molecule has 0 spiro atoms. The summed E-state index contributed by atoms with van der Waals surface area (Å²) in [4.78, 5) is 21.1. The van der Waals surface area contributed by atoms with Crippen molar-refractivity contribution < 1.29 is 4.79 Å². The van der Waals surface area contributed by atoms with Gasteiger partial charge in [-0.2, -0.15) is 5.10 Å². The lowest BCUT2D eigenvalue weighted by atomic mass is 10.1. The Balaban J connectivity index is 1.42. The maximum Gasteiger partial charge on any atom is 0.255 e. The standard InChI is InChI=1S/C25H21N5O/c31-25(19-16-26-30(17-19)20-11-5-2-6-12-20)29-23(15-18-9-3-1-4-10-18)24-27-21-13-7-8-14-22(21)28-24/h1-14,16-17,23H,15H2,(H,27,28)(H,29,31)/t23-/m1/s1. The fraction of sp³-hybridized carbons (Fsp3) is 0.0800. The van der Waals surface area contributed by atoms with E-state index in [1.807, 2.05) is 72.8 Å². The summed E-state index contributed by atoms with van der Waals surface area (Å²) in [6.45, 7) is 0. The van der Waals surface area contributed by atoms with Gasteiger partial charge in [-0.25, -0.2) is 9.67 Å². The predicted molar refractivity (Wildman–Crippen MR) is 120 cm³/mol. The van der Waals surface area contributed by atoms with Crippen molar-refractivity contribution in [3.05, 3.63) is 114 Å². The second-order valence-corrected chi connectivity index (χ2v) is 7.36. The third-order valence-electron chi connectivity index (χ3n) is 5.19. The largest absolute Gasteiger partial charge is 0.342 e. The molecular weight excluding hydrogens is 386 g/mol. The normalized spacial score (nSPS) is 12.0. The Morgan fingerprint density at radius 3 is 2.42 bits per heavy atom. The molecule has 0 fully saturated rings. The zero-order valence-electron chi connectivity index (χ0n) is 16.8. The summed E-state index contributed by atoms with van der Waals surface area (Å²) in [5.74, 6) is 0.539. The molecule has 3 aromatic carbocycles. The average molecular weight is 407 g/mol. The van der Waals surface area contributed by atoms with E-state index < -0.39 is 0 Å². The molecule has 2 N–H and O–H groups in total. The van der Waals surface area contributed by atoms with Crippen LogP contribution in [0, 0.1) is 0 Å². The van der Waals surface area contributed by atoms with E-state index in [0.717, 1.165) is 28.1 Å². The Morgan fingerprint density at radius 2 is 1.65 bits per heavy atom. The van der Waals surface area contributed by atoms with Gasteiger partial charge in [0.2, 0.25) is 0 Å². The predicted octanol–water partition coefficient (Wildman–Crippen LogP) is 4.46. The van der Waals surface area contributed by atoms with Gasteiger partial charge >= 0.3 is 0 Å². The van der Waals surface area contributed by atoms with E-state index in [-0.39, 0.29) is 11.9 Å². The van der Waals surface area contributed by atoms with E-state index in [1.165, 1.54) is 0 Å². The summed E-state index contributed by atoms with van der Waals surface area (Å²) in [5.41, 5.74) is 4.34. The maximum absolute atomic E-state index is 13.1. The molecule has 2 aromatic heterocycles. The van der Waals surface area contributed by atoms with Crippen molar-refractivity contribution in [3.8, 4) is 5.69 Å². The molecule has 0 unspecified atom stereocenters. The number of rotatable bonds is 6. The zero-order valence-corrected chi connectivity index (χ0v) is 16.8. The van der Waals surface area contributed by atoms with Crippen LogP contribution in [0.2, 0.25) is 0 Å². The summed E-state index contributed by atoms with van der Waals surface area (Å²) >= 11 is 0. The van der Waals surface area contributed by atoms with Crippen molar-refractivity contribution in [3.63, 3.8) is 0 Å². The summed E-state index contributed by atoms with van der Waals surface area (Å²) in [6.07, 6.45) is 3.95. The number of hydrogen-bond acceptors (Lipinski definition) is 3. The molecule has 2 heterocycles. The number of aromatic nitrogens is 4. The van der Waals surface area contributed by atoms with E-state index in [4.69, 9.17) is 4.98 Å². The number of fused-ring (bicyclic) bond motifs is 1. The molecule has 0 aliphatic rings. The highest BCUT2D eigenvalue weighted by Gasteiger charge is 2.21. The molecule has 6 nitrogen and oxygen atoms in total. The van der Waals surface area contributed by atoms with Gasteiger partial charge in [0.25, 0.3) is 5.91 Å². The molecule has 152 valence electrons. The van der Waals surface area contributed by atoms with Gasteiger partial charge in [-0.1, -0.05) is 60.7 Å². The average Bonchev–Trinajstić information content (AvgIpc) is 3.48. The second-order valence-electron chi connectivity index (χ2n) is 7.36. The third-order valence-corrected chi connectivity index (χ3v) is 5.19. The van der Waals surface area contributed by atoms with Crippen LogP contribution in [0.15, 0.2) is 97.3 Å². The van der Waals surface area contributed by atoms with Gasteiger partial charge in [-0.15, -0.1) is 0 Å². The lowest BCUT2D eigenvalue weighted by Crippen LogP contribution is -2.30.